The number of carbonyl (C=O) groups is 1. The Kier molecular flexibility index (Phi) is 5.45. The van der Waals surface area contributed by atoms with Gasteiger partial charge in [-0.15, -0.1) is 0 Å². The van der Waals surface area contributed by atoms with E-state index in [-0.39, 0.29) is 27.5 Å². The summed E-state index contributed by atoms with van der Waals surface area (Å²) in [6, 6.07) is 13.1. The fourth-order valence-electron chi connectivity index (χ4n) is 3.20. The van der Waals surface area contributed by atoms with E-state index in [0.717, 1.165) is 5.56 Å². The lowest BCUT2D eigenvalue weighted by Crippen LogP contribution is -2.23. The monoisotopic (exact) mass is 450 g/mol. The van der Waals surface area contributed by atoms with Crippen LogP contribution in [0, 0.1) is 0 Å². The van der Waals surface area contributed by atoms with Gasteiger partial charge in [-0.1, -0.05) is 12.1 Å². The summed E-state index contributed by atoms with van der Waals surface area (Å²) in [5, 5.41) is 4.87. The molecule has 0 aliphatic heterocycles. The molecule has 0 spiro atoms. The fourth-order valence-corrected chi connectivity index (χ4v) is 4.54. The number of hydrogen-bond donors (Lipinski definition) is 1. The Hall–Kier alpha value is -4.05. The molecule has 2 N–H and O–H groups in total. The van der Waals surface area contributed by atoms with Crippen LogP contribution in [0.2, 0.25) is 0 Å². The van der Waals surface area contributed by atoms with Gasteiger partial charge in [-0.2, -0.15) is 5.10 Å². The minimum Gasteiger partial charge on any atom is -0.481 e. The highest BCUT2D eigenvalue weighted by Crippen LogP contribution is 2.24. The van der Waals surface area contributed by atoms with Gasteiger partial charge in [0.1, 0.15) is 0 Å². The Balaban J connectivity index is 1.70. The summed E-state index contributed by atoms with van der Waals surface area (Å²) in [6.45, 7) is 0.200. The highest BCUT2D eigenvalue weighted by Gasteiger charge is 2.20. The fraction of sp³-hybridized carbons (Fsp3) is 0.0909. The molecular formula is C22H18N4O5S. The number of hydrogen-bond acceptors (Lipinski definition) is 7. The number of amides is 1. The second-order valence-corrected chi connectivity index (χ2v) is 8.91. The third kappa shape index (κ3) is 3.95. The molecule has 0 saturated heterocycles. The number of nitrogens with zero attached hydrogens (tertiary/aromatic N) is 3. The maximum atomic E-state index is 13.0. The normalized spacial score (nSPS) is 11.4. The SMILES string of the molecule is COc1ccc(Cn2ncc3cc(S(=O)(=O)c4cccc(C(N)=O)c4)ccc3c2=O)cn1. The van der Waals surface area contributed by atoms with E-state index in [4.69, 9.17) is 10.5 Å². The van der Waals surface area contributed by atoms with Crippen LogP contribution in [-0.4, -0.2) is 36.2 Å². The summed E-state index contributed by atoms with van der Waals surface area (Å²) in [5.74, 6) is -0.264. The largest absolute Gasteiger partial charge is 0.481 e. The third-order valence-electron chi connectivity index (χ3n) is 4.90. The molecule has 0 bridgehead atoms. The van der Waals surface area contributed by atoms with E-state index >= 15 is 0 Å². The van der Waals surface area contributed by atoms with E-state index in [0.29, 0.717) is 16.7 Å². The lowest BCUT2D eigenvalue weighted by atomic mass is 10.2. The van der Waals surface area contributed by atoms with Crippen molar-refractivity contribution in [2.45, 2.75) is 16.3 Å². The van der Waals surface area contributed by atoms with E-state index in [1.54, 1.807) is 18.3 Å². The Morgan fingerprint density at radius 2 is 1.84 bits per heavy atom. The number of fused-ring (bicyclic) bond motifs is 1. The minimum absolute atomic E-state index is 0.0232. The van der Waals surface area contributed by atoms with Gasteiger partial charge < -0.3 is 10.5 Å². The van der Waals surface area contributed by atoms with Crippen LogP contribution < -0.4 is 16.0 Å². The first-order valence-corrected chi connectivity index (χ1v) is 10.9. The van der Waals surface area contributed by atoms with Crippen molar-refractivity contribution in [3.8, 4) is 5.88 Å². The first-order valence-electron chi connectivity index (χ1n) is 9.43. The Bertz CT molecular complexity index is 1500. The Morgan fingerprint density at radius 3 is 2.53 bits per heavy atom. The van der Waals surface area contributed by atoms with Crippen molar-refractivity contribution in [1.29, 1.82) is 0 Å². The zero-order valence-electron chi connectivity index (χ0n) is 16.9. The van der Waals surface area contributed by atoms with Crippen molar-refractivity contribution < 1.29 is 17.9 Å². The predicted molar refractivity (Wildman–Crippen MR) is 116 cm³/mol. The van der Waals surface area contributed by atoms with Crippen LogP contribution in [0.3, 0.4) is 0 Å². The molecule has 0 saturated carbocycles. The van der Waals surface area contributed by atoms with Crippen molar-refractivity contribution in [3.05, 3.63) is 88.5 Å². The summed E-state index contributed by atoms with van der Waals surface area (Å²) in [4.78, 5) is 28.3. The summed E-state index contributed by atoms with van der Waals surface area (Å²) >= 11 is 0. The zero-order valence-corrected chi connectivity index (χ0v) is 17.7. The first kappa shape index (κ1) is 21.2. The number of rotatable bonds is 6. The van der Waals surface area contributed by atoms with E-state index in [9.17, 15) is 18.0 Å². The smallest absolute Gasteiger partial charge is 0.274 e. The van der Waals surface area contributed by atoms with E-state index < -0.39 is 15.7 Å². The highest BCUT2D eigenvalue weighted by molar-refractivity contribution is 7.91. The molecular weight excluding hydrogens is 432 g/mol. The second kappa shape index (κ2) is 8.23. The first-order chi connectivity index (χ1) is 15.3. The standard InChI is InChI=1S/C22H18N4O5S/c1-31-20-8-5-14(11-24-20)13-26-22(28)19-7-6-18(10-16(19)12-25-26)32(29,30)17-4-2-3-15(9-17)21(23)27/h2-12H,13H2,1H3,(H2,23,27). The topological polar surface area (TPSA) is 134 Å². The van der Waals surface area contributed by atoms with Crippen molar-refractivity contribution >= 4 is 26.5 Å². The number of ether oxygens (including phenoxy) is 1. The number of carbonyl (C=O) groups excluding carboxylic acids is 1. The molecule has 0 fully saturated rings. The predicted octanol–water partition coefficient (Wildman–Crippen LogP) is 1.78. The summed E-state index contributed by atoms with van der Waals surface area (Å²) in [6.07, 6.45) is 3.03. The molecule has 0 radical (unpaired) electrons. The van der Waals surface area contributed by atoms with Gasteiger partial charge in [0.2, 0.25) is 21.6 Å². The molecule has 2 heterocycles. The molecule has 9 nitrogen and oxygen atoms in total. The average molecular weight is 450 g/mol. The molecule has 2 aromatic carbocycles. The van der Waals surface area contributed by atoms with Gasteiger partial charge in [0, 0.05) is 23.2 Å². The molecule has 0 aliphatic rings. The average Bonchev–Trinajstić information content (AvgIpc) is 2.81. The van der Waals surface area contributed by atoms with Gasteiger partial charge in [0.25, 0.3) is 5.56 Å². The number of benzene rings is 2. The van der Waals surface area contributed by atoms with Crippen LogP contribution >= 0.6 is 0 Å². The number of methoxy groups -OCH3 is 1. The number of sulfone groups is 1. The molecule has 0 unspecified atom stereocenters. The van der Waals surface area contributed by atoms with E-state index in [2.05, 4.69) is 10.1 Å². The summed E-state index contributed by atoms with van der Waals surface area (Å²) in [5.41, 5.74) is 5.73. The third-order valence-corrected chi connectivity index (χ3v) is 6.65. The summed E-state index contributed by atoms with van der Waals surface area (Å²) < 4.78 is 32.3. The van der Waals surface area contributed by atoms with Crippen molar-refractivity contribution in [3.63, 3.8) is 0 Å². The van der Waals surface area contributed by atoms with Crippen LogP contribution in [0.1, 0.15) is 15.9 Å². The van der Waals surface area contributed by atoms with E-state index in [1.807, 2.05) is 0 Å². The zero-order chi connectivity index (χ0) is 22.9. The van der Waals surface area contributed by atoms with Gasteiger partial charge in [0.15, 0.2) is 0 Å². The molecule has 1 amide bonds. The second-order valence-electron chi connectivity index (χ2n) is 6.96. The van der Waals surface area contributed by atoms with Crippen molar-refractivity contribution in [1.82, 2.24) is 14.8 Å². The van der Waals surface area contributed by atoms with Crippen LogP contribution in [0.15, 0.2) is 81.6 Å². The van der Waals surface area contributed by atoms with Gasteiger partial charge in [-0.3, -0.25) is 9.59 Å². The molecule has 10 heteroatoms. The molecule has 2 aromatic heterocycles. The van der Waals surface area contributed by atoms with Crippen LogP contribution in [-0.2, 0) is 16.4 Å². The number of nitrogens with two attached hydrogens (primary N) is 1. The van der Waals surface area contributed by atoms with Crippen LogP contribution in [0.5, 0.6) is 5.88 Å². The van der Waals surface area contributed by atoms with Crippen molar-refractivity contribution in [2.24, 2.45) is 5.73 Å². The number of primary amides is 1. The summed E-state index contributed by atoms with van der Waals surface area (Å²) in [7, 11) is -2.41. The molecule has 4 aromatic rings. The lowest BCUT2D eigenvalue weighted by molar-refractivity contribution is 0.1000. The molecule has 4 rings (SSSR count). The number of aromatic nitrogens is 3. The Morgan fingerprint density at radius 1 is 1.06 bits per heavy atom. The lowest BCUT2D eigenvalue weighted by Gasteiger charge is -2.09. The Labute approximate surface area is 183 Å². The maximum Gasteiger partial charge on any atom is 0.274 e. The maximum absolute atomic E-state index is 13.0. The van der Waals surface area contributed by atoms with Gasteiger partial charge in [-0.05, 0) is 42.0 Å². The molecule has 0 aliphatic carbocycles. The molecule has 0 atom stereocenters. The van der Waals surface area contributed by atoms with Crippen molar-refractivity contribution in [2.75, 3.05) is 7.11 Å². The van der Waals surface area contributed by atoms with Gasteiger partial charge in [0.05, 0.1) is 35.0 Å². The molecule has 162 valence electrons. The van der Waals surface area contributed by atoms with E-state index in [1.165, 1.54) is 60.5 Å². The quantitative estimate of drug-likeness (QED) is 0.473. The number of pyridine rings is 1. The van der Waals surface area contributed by atoms with Gasteiger partial charge >= 0.3 is 0 Å². The van der Waals surface area contributed by atoms with Crippen LogP contribution in [0.4, 0.5) is 0 Å². The minimum atomic E-state index is -3.93. The highest BCUT2D eigenvalue weighted by atomic mass is 32.2. The van der Waals surface area contributed by atoms with Gasteiger partial charge in [-0.25, -0.2) is 18.1 Å². The molecule has 32 heavy (non-hydrogen) atoms. The van der Waals surface area contributed by atoms with Crippen LogP contribution in [0.25, 0.3) is 10.8 Å².